The minimum atomic E-state index is -0.391. The molecular formula is C21H21FN4O2. The Labute approximate surface area is 162 Å². The van der Waals surface area contributed by atoms with Crippen LogP contribution in [0.4, 0.5) is 15.9 Å². The number of benzene rings is 2. The Morgan fingerprint density at radius 3 is 2.64 bits per heavy atom. The number of aromatic nitrogens is 2. The summed E-state index contributed by atoms with van der Waals surface area (Å²) >= 11 is 0. The van der Waals surface area contributed by atoms with Crippen LogP contribution in [0.1, 0.15) is 0 Å². The molecule has 28 heavy (non-hydrogen) atoms. The number of nitrogens with one attached hydrogen (secondary N) is 1. The van der Waals surface area contributed by atoms with Crippen molar-refractivity contribution in [3.8, 4) is 11.1 Å². The number of morpholine rings is 1. The van der Waals surface area contributed by atoms with Gasteiger partial charge in [0, 0.05) is 30.5 Å². The van der Waals surface area contributed by atoms with Crippen LogP contribution in [0, 0.1) is 5.82 Å². The maximum Gasteiger partial charge on any atom is 0.246 e. The first-order valence-electron chi connectivity index (χ1n) is 9.20. The molecule has 1 aliphatic heterocycles. The third-order valence-electron chi connectivity index (χ3n) is 4.55. The second kappa shape index (κ2) is 8.22. The third-order valence-corrected chi connectivity index (χ3v) is 4.55. The predicted molar refractivity (Wildman–Crippen MR) is 106 cm³/mol. The molecule has 1 N–H and O–H groups in total. The lowest BCUT2D eigenvalue weighted by Crippen LogP contribution is -2.36. The highest BCUT2D eigenvalue weighted by atomic mass is 19.1. The molecule has 0 aliphatic carbocycles. The number of anilines is 2. The second-order valence-electron chi connectivity index (χ2n) is 6.59. The number of ether oxygens (including phenoxy) is 1. The van der Waals surface area contributed by atoms with E-state index in [0.29, 0.717) is 18.9 Å². The van der Waals surface area contributed by atoms with Gasteiger partial charge in [0.1, 0.15) is 12.4 Å². The first kappa shape index (κ1) is 18.2. The number of nitrogens with zero attached hydrogens (tertiary/aromatic N) is 3. The molecule has 2 heterocycles. The lowest BCUT2D eigenvalue weighted by atomic mass is 10.1. The molecule has 0 radical (unpaired) electrons. The Morgan fingerprint density at radius 1 is 1.11 bits per heavy atom. The number of halogens is 1. The van der Waals surface area contributed by atoms with Crippen molar-refractivity contribution < 1.29 is 13.9 Å². The van der Waals surface area contributed by atoms with Gasteiger partial charge in [-0.05, 0) is 23.8 Å². The molecule has 0 spiro atoms. The van der Waals surface area contributed by atoms with Gasteiger partial charge in [-0.15, -0.1) is 0 Å². The zero-order chi connectivity index (χ0) is 19.3. The summed E-state index contributed by atoms with van der Waals surface area (Å²) in [5.74, 6) is 0.187. The summed E-state index contributed by atoms with van der Waals surface area (Å²) in [6.07, 6.45) is 1.88. The van der Waals surface area contributed by atoms with E-state index in [4.69, 9.17) is 4.74 Å². The first-order valence-corrected chi connectivity index (χ1v) is 9.20. The molecule has 6 nitrogen and oxygen atoms in total. The largest absolute Gasteiger partial charge is 0.378 e. The summed E-state index contributed by atoms with van der Waals surface area (Å²) < 4.78 is 20.4. The SMILES string of the molecule is O=C(Cn1cc(-c2ccccc2)c(N2CCOCC2)n1)Nc1cccc(F)c1. The molecule has 4 rings (SSSR count). The van der Waals surface area contributed by atoms with Gasteiger partial charge in [0.25, 0.3) is 0 Å². The molecule has 0 bridgehead atoms. The van der Waals surface area contributed by atoms with E-state index in [2.05, 4.69) is 15.3 Å². The van der Waals surface area contributed by atoms with Crippen molar-refractivity contribution in [2.75, 3.05) is 36.5 Å². The van der Waals surface area contributed by atoms with Crippen molar-refractivity contribution >= 4 is 17.4 Å². The number of hydrogen-bond acceptors (Lipinski definition) is 4. The molecule has 2 aromatic carbocycles. The van der Waals surface area contributed by atoms with Crippen LogP contribution in [0.25, 0.3) is 11.1 Å². The molecule has 0 atom stereocenters. The smallest absolute Gasteiger partial charge is 0.246 e. The maximum absolute atomic E-state index is 13.3. The quantitative estimate of drug-likeness (QED) is 0.739. The molecule has 7 heteroatoms. The lowest BCUT2D eigenvalue weighted by Gasteiger charge is -2.27. The van der Waals surface area contributed by atoms with Crippen LogP contribution < -0.4 is 10.2 Å². The molecule has 3 aromatic rings. The average Bonchev–Trinajstić information content (AvgIpc) is 3.13. The number of rotatable bonds is 5. The molecule has 0 unspecified atom stereocenters. The second-order valence-corrected chi connectivity index (χ2v) is 6.59. The fraction of sp³-hybridized carbons (Fsp3) is 0.238. The zero-order valence-corrected chi connectivity index (χ0v) is 15.3. The molecule has 1 aliphatic rings. The van der Waals surface area contributed by atoms with Crippen molar-refractivity contribution in [2.45, 2.75) is 6.54 Å². The summed E-state index contributed by atoms with van der Waals surface area (Å²) in [6.45, 7) is 2.86. The number of carbonyl (C=O) groups excluding carboxylic acids is 1. The Bertz CT molecular complexity index is 952. The van der Waals surface area contributed by atoms with E-state index in [0.717, 1.165) is 30.0 Å². The van der Waals surface area contributed by atoms with Crippen LogP contribution in [0.2, 0.25) is 0 Å². The van der Waals surface area contributed by atoms with Crippen molar-refractivity contribution in [3.05, 3.63) is 66.6 Å². The van der Waals surface area contributed by atoms with Gasteiger partial charge in [0.2, 0.25) is 5.91 Å². The van der Waals surface area contributed by atoms with E-state index in [-0.39, 0.29) is 12.5 Å². The lowest BCUT2D eigenvalue weighted by molar-refractivity contribution is -0.116. The summed E-state index contributed by atoms with van der Waals surface area (Å²) in [5, 5.41) is 7.37. The first-order chi connectivity index (χ1) is 13.7. The Balaban J connectivity index is 1.57. The van der Waals surface area contributed by atoms with Gasteiger partial charge >= 0.3 is 0 Å². The van der Waals surface area contributed by atoms with Crippen molar-refractivity contribution in [3.63, 3.8) is 0 Å². The van der Waals surface area contributed by atoms with Gasteiger partial charge in [0.05, 0.1) is 13.2 Å². The van der Waals surface area contributed by atoms with Crippen LogP contribution >= 0.6 is 0 Å². The minimum absolute atomic E-state index is 0.0423. The Hall–Kier alpha value is -3.19. The van der Waals surface area contributed by atoms with Gasteiger partial charge < -0.3 is 15.0 Å². The molecule has 0 saturated carbocycles. The molecule has 144 valence electrons. The third kappa shape index (κ3) is 4.20. The fourth-order valence-electron chi connectivity index (χ4n) is 3.24. The van der Waals surface area contributed by atoms with Gasteiger partial charge in [-0.3, -0.25) is 9.48 Å². The van der Waals surface area contributed by atoms with Gasteiger partial charge in [0.15, 0.2) is 5.82 Å². The maximum atomic E-state index is 13.3. The fourth-order valence-corrected chi connectivity index (χ4v) is 3.24. The topological polar surface area (TPSA) is 59.4 Å². The van der Waals surface area contributed by atoms with Gasteiger partial charge in [-0.2, -0.15) is 5.10 Å². The van der Waals surface area contributed by atoms with Crippen LogP contribution in [0.5, 0.6) is 0 Å². The Kier molecular flexibility index (Phi) is 5.34. The molecule has 1 saturated heterocycles. The summed E-state index contributed by atoms with van der Waals surface area (Å²) in [4.78, 5) is 14.6. The van der Waals surface area contributed by atoms with Gasteiger partial charge in [-0.25, -0.2) is 4.39 Å². The van der Waals surface area contributed by atoms with E-state index >= 15 is 0 Å². The van der Waals surface area contributed by atoms with Crippen molar-refractivity contribution in [1.29, 1.82) is 0 Å². The van der Waals surface area contributed by atoms with E-state index < -0.39 is 5.82 Å². The standard InChI is InChI=1S/C21H21FN4O2/c22-17-7-4-8-18(13-17)23-20(27)15-26-14-19(16-5-2-1-3-6-16)21(24-26)25-9-11-28-12-10-25/h1-8,13-14H,9-12,15H2,(H,23,27). The van der Waals surface area contributed by atoms with E-state index in [1.54, 1.807) is 16.8 Å². The summed E-state index contributed by atoms with van der Waals surface area (Å²) in [7, 11) is 0. The number of hydrogen-bond donors (Lipinski definition) is 1. The van der Waals surface area contributed by atoms with E-state index in [1.807, 2.05) is 36.5 Å². The average molecular weight is 380 g/mol. The minimum Gasteiger partial charge on any atom is -0.378 e. The number of carbonyl (C=O) groups is 1. The number of amides is 1. The van der Waals surface area contributed by atoms with E-state index in [1.165, 1.54) is 12.1 Å². The Morgan fingerprint density at radius 2 is 1.89 bits per heavy atom. The van der Waals surface area contributed by atoms with Crippen LogP contribution in [-0.4, -0.2) is 42.0 Å². The predicted octanol–water partition coefficient (Wildman–Crippen LogP) is 3.16. The highest BCUT2D eigenvalue weighted by molar-refractivity contribution is 5.90. The van der Waals surface area contributed by atoms with Crippen LogP contribution in [0.3, 0.4) is 0 Å². The van der Waals surface area contributed by atoms with Crippen LogP contribution in [0.15, 0.2) is 60.8 Å². The van der Waals surface area contributed by atoms with E-state index in [9.17, 15) is 9.18 Å². The molecule has 1 fully saturated rings. The van der Waals surface area contributed by atoms with Crippen LogP contribution in [-0.2, 0) is 16.1 Å². The molecule has 1 amide bonds. The van der Waals surface area contributed by atoms with Crippen molar-refractivity contribution in [2.24, 2.45) is 0 Å². The molecular weight excluding hydrogens is 359 g/mol. The zero-order valence-electron chi connectivity index (χ0n) is 15.3. The summed E-state index contributed by atoms with van der Waals surface area (Å²) in [5.41, 5.74) is 2.44. The highest BCUT2D eigenvalue weighted by Crippen LogP contribution is 2.30. The molecule has 1 aromatic heterocycles. The summed E-state index contributed by atoms with van der Waals surface area (Å²) in [6, 6.07) is 15.8. The highest BCUT2D eigenvalue weighted by Gasteiger charge is 2.20. The monoisotopic (exact) mass is 380 g/mol. The van der Waals surface area contributed by atoms with Gasteiger partial charge in [-0.1, -0.05) is 36.4 Å². The normalized spacial score (nSPS) is 14.1. The van der Waals surface area contributed by atoms with Crippen molar-refractivity contribution in [1.82, 2.24) is 9.78 Å².